The quantitative estimate of drug-likeness (QED) is 0.592. The van der Waals surface area contributed by atoms with Crippen molar-refractivity contribution in [1.82, 2.24) is 5.32 Å². The molecular weight excluding hydrogens is 134 g/mol. The molecule has 0 aromatic carbocycles. The van der Waals surface area contributed by atoms with Crippen LogP contribution < -0.4 is 5.32 Å². The molecule has 1 N–H and O–H groups in total. The van der Waals surface area contributed by atoms with Crippen LogP contribution in [-0.2, 0) is 0 Å². The smallest absolute Gasteiger partial charge is 0.0710 e. The summed E-state index contributed by atoms with van der Waals surface area (Å²) in [4.78, 5) is 0. The van der Waals surface area contributed by atoms with Gasteiger partial charge in [0, 0.05) is 5.92 Å². The molecule has 1 nitrogen and oxygen atoms in total. The van der Waals surface area contributed by atoms with Crippen LogP contribution in [0.25, 0.3) is 0 Å². The van der Waals surface area contributed by atoms with Crippen LogP contribution in [0.15, 0.2) is 0 Å². The summed E-state index contributed by atoms with van der Waals surface area (Å²) < 4.78 is 0. The van der Waals surface area contributed by atoms with Crippen LogP contribution in [0.1, 0.15) is 26.7 Å². The molecule has 0 aromatic heterocycles. The van der Waals surface area contributed by atoms with Gasteiger partial charge in [0.25, 0.3) is 0 Å². The Hall–Kier alpha value is -0.480. The Labute approximate surface area is 69.6 Å². The summed E-state index contributed by atoms with van der Waals surface area (Å²) in [7, 11) is 1.98. The monoisotopic (exact) mass is 151 g/mol. The van der Waals surface area contributed by atoms with Gasteiger partial charge in [-0.1, -0.05) is 25.7 Å². The molecule has 0 heterocycles. The molecule has 1 unspecified atom stereocenters. The third-order valence-electron chi connectivity index (χ3n) is 2.00. The van der Waals surface area contributed by atoms with Gasteiger partial charge in [-0.3, -0.25) is 0 Å². The van der Waals surface area contributed by atoms with Crippen LogP contribution in [0.2, 0.25) is 0 Å². The van der Waals surface area contributed by atoms with Crippen LogP contribution >= 0.6 is 0 Å². The number of nitrogens with one attached hydrogen (secondary N) is 1. The normalized spacial score (nSPS) is 19.3. The fourth-order valence-corrected chi connectivity index (χ4v) is 1.01. The number of hydrogen-bond acceptors (Lipinski definition) is 1. The van der Waals surface area contributed by atoms with Crippen molar-refractivity contribution in [3.63, 3.8) is 0 Å². The van der Waals surface area contributed by atoms with Crippen molar-refractivity contribution in [2.45, 2.75) is 32.7 Å². The molecule has 1 saturated carbocycles. The van der Waals surface area contributed by atoms with Crippen LogP contribution in [0, 0.1) is 23.7 Å². The lowest BCUT2D eigenvalue weighted by Gasteiger charge is -2.12. The summed E-state index contributed by atoms with van der Waals surface area (Å²) >= 11 is 0. The molecule has 1 aliphatic rings. The summed E-state index contributed by atoms with van der Waals surface area (Å²) in [6, 6.07) is 0.385. The molecule has 62 valence electrons. The lowest BCUT2D eigenvalue weighted by molar-refractivity contribution is 0.512. The van der Waals surface area contributed by atoms with Gasteiger partial charge in [-0.15, -0.1) is 0 Å². The van der Waals surface area contributed by atoms with Crippen molar-refractivity contribution in [2.75, 3.05) is 7.05 Å². The van der Waals surface area contributed by atoms with Crippen LogP contribution in [0.4, 0.5) is 0 Å². The molecule has 1 aliphatic carbocycles. The summed E-state index contributed by atoms with van der Waals surface area (Å²) in [5, 5.41) is 3.21. The van der Waals surface area contributed by atoms with Crippen molar-refractivity contribution in [2.24, 2.45) is 11.8 Å². The fourth-order valence-electron chi connectivity index (χ4n) is 1.01. The first-order chi connectivity index (χ1) is 5.24. The minimum Gasteiger partial charge on any atom is -0.307 e. The number of hydrogen-bond donors (Lipinski definition) is 1. The highest BCUT2D eigenvalue weighted by Gasteiger charge is 2.18. The Morgan fingerprint density at radius 3 is 2.36 bits per heavy atom. The first-order valence-corrected chi connectivity index (χ1v) is 4.42. The van der Waals surface area contributed by atoms with Gasteiger partial charge >= 0.3 is 0 Å². The average molecular weight is 151 g/mol. The Kier molecular flexibility index (Phi) is 2.96. The van der Waals surface area contributed by atoms with Crippen molar-refractivity contribution in [3.8, 4) is 11.8 Å². The van der Waals surface area contributed by atoms with Crippen LogP contribution in [-0.4, -0.2) is 13.1 Å². The van der Waals surface area contributed by atoms with Gasteiger partial charge in [0.2, 0.25) is 0 Å². The van der Waals surface area contributed by atoms with Crippen molar-refractivity contribution < 1.29 is 0 Å². The van der Waals surface area contributed by atoms with E-state index < -0.39 is 0 Å². The molecule has 0 amide bonds. The van der Waals surface area contributed by atoms with E-state index in [0.29, 0.717) is 12.0 Å². The second-order valence-corrected chi connectivity index (χ2v) is 3.57. The highest BCUT2D eigenvalue weighted by molar-refractivity contribution is 5.14. The van der Waals surface area contributed by atoms with E-state index in [4.69, 9.17) is 0 Å². The van der Waals surface area contributed by atoms with E-state index in [1.54, 1.807) is 0 Å². The van der Waals surface area contributed by atoms with E-state index in [0.717, 1.165) is 5.92 Å². The van der Waals surface area contributed by atoms with Gasteiger partial charge in [-0.2, -0.15) is 0 Å². The molecule has 1 rings (SSSR count). The predicted molar refractivity (Wildman–Crippen MR) is 48.2 cm³/mol. The first-order valence-electron chi connectivity index (χ1n) is 4.42. The summed E-state index contributed by atoms with van der Waals surface area (Å²) in [5.41, 5.74) is 0. The lowest BCUT2D eigenvalue weighted by atomic mass is 10.1. The Bertz CT molecular complexity index is 169. The van der Waals surface area contributed by atoms with Crippen LogP contribution in [0.3, 0.4) is 0 Å². The summed E-state index contributed by atoms with van der Waals surface area (Å²) in [6.45, 7) is 4.39. The molecular formula is C10H17N. The van der Waals surface area contributed by atoms with E-state index in [-0.39, 0.29) is 0 Å². The largest absolute Gasteiger partial charge is 0.307 e. The van der Waals surface area contributed by atoms with Gasteiger partial charge in [-0.25, -0.2) is 0 Å². The van der Waals surface area contributed by atoms with Gasteiger partial charge in [0.15, 0.2) is 0 Å². The maximum atomic E-state index is 3.28. The highest BCUT2D eigenvalue weighted by atomic mass is 14.9. The van der Waals surface area contributed by atoms with Gasteiger partial charge in [-0.05, 0) is 25.8 Å². The zero-order chi connectivity index (χ0) is 8.27. The van der Waals surface area contributed by atoms with E-state index in [9.17, 15) is 0 Å². The summed E-state index contributed by atoms with van der Waals surface area (Å²) in [5.74, 6) is 7.89. The van der Waals surface area contributed by atoms with Crippen molar-refractivity contribution in [1.29, 1.82) is 0 Å². The summed E-state index contributed by atoms with van der Waals surface area (Å²) in [6.07, 6.45) is 2.64. The molecule has 1 heteroatoms. The molecule has 0 spiro atoms. The van der Waals surface area contributed by atoms with Gasteiger partial charge in [0.05, 0.1) is 6.04 Å². The fraction of sp³-hybridized carbons (Fsp3) is 0.800. The molecule has 0 radical (unpaired) electrons. The molecule has 0 saturated heterocycles. The molecule has 1 atom stereocenters. The second-order valence-electron chi connectivity index (χ2n) is 3.57. The lowest BCUT2D eigenvalue weighted by Crippen LogP contribution is -2.28. The minimum atomic E-state index is 0.385. The predicted octanol–water partition coefficient (Wildman–Crippen LogP) is 1.64. The standard InChI is InChI=1S/C10H17N/c1-8(2)10(11-3)7-6-9-4-5-9/h8-11H,4-5H2,1-3H3. The zero-order valence-corrected chi connectivity index (χ0v) is 7.65. The highest BCUT2D eigenvalue weighted by Crippen LogP contribution is 2.27. The Morgan fingerprint density at radius 1 is 1.36 bits per heavy atom. The first kappa shape index (κ1) is 8.62. The maximum absolute atomic E-state index is 3.28. The zero-order valence-electron chi connectivity index (χ0n) is 7.65. The van der Waals surface area contributed by atoms with Crippen molar-refractivity contribution in [3.05, 3.63) is 0 Å². The maximum Gasteiger partial charge on any atom is 0.0710 e. The topological polar surface area (TPSA) is 12.0 Å². The molecule has 0 aromatic rings. The molecule has 0 aliphatic heterocycles. The Morgan fingerprint density at radius 2 is 2.00 bits per heavy atom. The van der Waals surface area contributed by atoms with Gasteiger partial charge < -0.3 is 5.32 Å². The van der Waals surface area contributed by atoms with Crippen LogP contribution in [0.5, 0.6) is 0 Å². The third kappa shape index (κ3) is 2.95. The molecule has 1 fully saturated rings. The minimum absolute atomic E-state index is 0.385. The van der Waals surface area contributed by atoms with Gasteiger partial charge in [0.1, 0.15) is 0 Å². The molecule has 0 bridgehead atoms. The molecule has 11 heavy (non-hydrogen) atoms. The van der Waals surface area contributed by atoms with E-state index in [1.807, 2.05) is 7.05 Å². The van der Waals surface area contributed by atoms with Crippen molar-refractivity contribution >= 4 is 0 Å². The number of rotatable bonds is 2. The van der Waals surface area contributed by atoms with E-state index in [1.165, 1.54) is 12.8 Å². The SMILES string of the molecule is CNC(C#CC1CC1)C(C)C. The van der Waals surface area contributed by atoms with E-state index in [2.05, 4.69) is 31.0 Å². The average Bonchev–Trinajstić information content (AvgIpc) is 2.72. The second kappa shape index (κ2) is 3.78. The van der Waals surface area contributed by atoms with E-state index >= 15 is 0 Å². The Balaban J connectivity index is 2.36. The third-order valence-corrected chi connectivity index (χ3v) is 2.00.